The highest BCUT2D eigenvalue weighted by molar-refractivity contribution is 7.79. The molecule has 1 heterocycles. The van der Waals surface area contributed by atoms with Gasteiger partial charge < -0.3 is 4.55 Å². The molecule has 0 aromatic carbocycles. The number of rotatable bonds is 1. The molecule has 0 aliphatic heterocycles. The van der Waals surface area contributed by atoms with Gasteiger partial charge in [-0.15, -0.1) is 0 Å². The van der Waals surface area contributed by atoms with Crippen molar-refractivity contribution in [3.63, 3.8) is 0 Å². The Labute approximate surface area is 64.6 Å². The summed E-state index contributed by atoms with van der Waals surface area (Å²) in [6.07, 6.45) is 2.38. The molecule has 0 saturated heterocycles. The molecule has 0 N–H and O–H groups in total. The molecule has 1 aromatic rings. The Bertz CT molecular complexity index is 267. The molecular formula is C4H2ClN2O2S-. The van der Waals surface area contributed by atoms with Gasteiger partial charge in [0.15, 0.2) is 0 Å². The maximum Gasteiger partial charge on any atom is 0.148 e. The highest BCUT2D eigenvalue weighted by Gasteiger charge is 1.94. The second kappa shape index (κ2) is 3.05. The van der Waals surface area contributed by atoms with Crippen LogP contribution in [0.5, 0.6) is 0 Å². The third kappa shape index (κ3) is 1.73. The molecule has 0 aliphatic carbocycles. The van der Waals surface area contributed by atoms with Crippen LogP contribution in [0.25, 0.3) is 0 Å². The average molecular weight is 178 g/mol. The van der Waals surface area contributed by atoms with Crippen LogP contribution < -0.4 is 0 Å². The van der Waals surface area contributed by atoms with Crippen molar-refractivity contribution >= 4 is 22.7 Å². The standard InChI is InChI=1S/C4H3ClN2O2S/c5-3-1-6-2-4(7-3)10(8)9/h1-2H,(H,8,9)/p-1. The third-order valence-corrected chi connectivity index (χ3v) is 1.47. The molecule has 1 unspecified atom stereocenters. The molecule has 54 valence electrons. The maximum atomic E-state index is 10.2. The lowest BCUT2D eigenvalue weighted by Crippen LogP contribution is -1.93. The highest BCUT2D eigenvalue weighted by Crippen LogP contribution is 2.03. The summed E-state index contributed by atoms with van der Waals surface area (Å²) in [5.74, 6) is 0. The second-order valence-electron chi connectivity index (χ2n) is 1.41. The van der Waals surface area contributed by atoms with Crippen LogP contribution in [-0.4, -0.2) is 18.7 Å². The molecule has 10 heavy (non-hydrogen) atoms. The predicted molar refractivity (Wildman–Crippen MR) is 34.2 cm³/mol. The van der Waals surface area contributed by atoms with Gasteiger partial charge in [0.25, 0.3) is 0 Å². The number of halogens is 1. The molecule has 4 nitrogen and oxygen atoms in total. The van der Waals surface area contributed by atoms with Gasteiger partial charge in [0.05, 0.1) is 12.4 Å². The lowest BCUT2D eigenvalue weighted by atomic mass is 10.8. The maximum absolute atomic E-state index is 10.2. The molecule has 1 atom stereocenters. The van der Waals surface area contributed by atoms with E-state index in [2.05, 4.69) is 9.97 Å². The predicted octanol–water partition coefficient (Wildman–Crippen LogP) is 0.368. The molecule has 0 radical (unpaired) electrons. The van der Waals surface area contributed by atoms with E-state index in [1.165, 1.54) is 6.20 Å². The molecule has 0 spiro atoms. The Balaban J connectivity index is 3.07. The fourth-order valence-electron chi connectivity index (χ4n) is 0.406. The van der Waals surface area contributed by atoms with E-state index in [-0.39, 0.29) is 10.2 Å². The van der Waals surface area contributed by atoms with E-state index in [0.29, 0.717) is 0 Å². The summed E-state index contributed by atoms with van der Waals surface area (Å²) in [5, 5.41) is -0.0748. The van der Waals surface area contributed by atoms with Gasteiger partial charge in [-0.2, -0.15) is 0 Å². The van der Waals surface area contributed by atoms with E-state index in [1.807, 2.05) is 0 Å². The minimum Gasteiger partial charge on any atom is -0.767 e. The smallest absolute Gasteiger partial charge is 0.148 e. The Hall–Kier alpha value is -0.520. The van der Waals surface area contributed by atoms with Gasteiger partial charge in [-0.3, -0.25) is 9.19 Å². The molecule has 0 amide bonds. The van der Waals surface area contributed by atoms with Gasteiger partial charge >= 0.3 is 0 Å². The number of hydrogen-bond acceptors (Lipinski definition) is 4. The summed E-state index contributed by atoms with van der Waals surface area (Å²) in [7, 11) is 0. The van der Waals surface area contributed by atoms with Crippen LogP contribution >= 0.6 is 11.6 Å². The Kier molecular flexibility index (Phi) is 2.31. The summed E-state index contributed by atoms with van der Waals surface area (Å²) in [4.78, 5) is 6.98. The van der Waals surface area contributed by atoms with Gasteiger partial charge in [-0.1, -0.05) is 11.6 Å². The lowest BCUT2D eigenvalue weighted by molar-refractivity contribution is 0.533. The summed E-state index contributed by atoms with van der Waals surface area (Å²) in [6, 6.07) is 0. The summed E-state index contributed by atoms with van der Waals surface area (Å²) < 4.78 is 20.4. The largest absolute Gasteiger partial charge is 0.767 e. The average Bonchev–Trinajstić information content (AvgIpc) is 1.88. The Morgan fingerprint density at radius 1 is 1.60 bits per heavy atom. The van der Waals surface area contributed by atoms with Crippen LogP contribution in [0.3, 0.4) is 0 Å². The minimum absolute atomic E-state index is 0.0710. The molecular weight excluding hydrogens is 176 g/mol. The molecule has 1 aromatic heterocycles. The van der Waals surface area contributed by atoms with E-state index >= 15 is 0 Å². The van der Waals surface area contributed by atoms with Crippen LogP contribution in [0, 0.1) is 0 Å². The van der Waals surface area contributed by atoms with Gasteiger partial charge in [-0.05, 0) is 11.1 Å². The van der Waals surface area contributed by atoms with Crippen molar-refractivity contribution in [2.75, 3.05) is 0 Å². The summed E-state index contributed by atoms with van der Waals surface area (Å²) in [5.41, 5.74) is 0. The van der Waals surface area contributed by atoms with Crippen LogP contribution in [0.15, 0.2) is 17.4 Å². The van der Waals surface area contributed by atoms with Crippen molar-refractivity contribution in [2.24, 2.45) is 0 Å². The fourth-order valence-corrected chi connectivity index (χ4v) is 0.923. The first kappa shape index (κ1) is 7.59. The lowest BCUT2D eigenvalue weighted by Gasteiger charge is -2.01. The van der Waals surface area contributed by atoms with Crippen molar-refractivity contribution < 1.29 is 8.76 Å². The molecule has 0 fully saturated rings. The zero-order valence-corrected chi connectivity index (χ0v) is 6.22. The zero-order chi connectivity index (χ0) is 7.56. The fraction of sp³-hybridized carbons (Fsp3) is 0. The van der Waals surface area contributed by atoms with Crippen molar-refractivity contribution in [2.45, 2.75) is 5.03 Å². The normalized spacial score (nSPS) is 13.0. The number of aromatic nitrogens is 2. The summed E-state index contributed by atoms with van der Waals surface area (Å²) in [6.45, 7) is 0. The molecule has 1 rings (SSSR count). The van der Waals surface area contributed by atoms with Gasteiger partial charge in [0.1, 0.15) is 10.2 Å². The van der Waals surface area contributed by atoms with E-state index in [9.17, 15) is 8.76 Å². The van der Waals surface area contributed by atoms with E-state index in [0.717, 1.165) is 6.20 Å². The van der Waals surface area contributed by atoms with Crippen LogP contribution in [0.2, 0.25) is 5.15 Å². The Morgan fingerprint density at radius 3 is 2.70 bits per heavy atom. The van der Waals surface area contributed by atoms with Crippen molar-refractivity contribution in [3.8, 4) is 0 Å². The summed E-state index contributed by atoms with van der Waals surface area (Å²) >= 11 is 2.99. The van der Waals surface area contributed by atoms with Gasteiger partial charge in [-0.25, -0.2) is 4.98 Å². The van der Waals surface area contributed by atoms with E-state index in [1.54, 1.807) is 0 Å². The van der Waals surface area contributed by atoms with Crippen LogP contribution in [-0.2, 0) is 11.1 Å². The van der Waals surface area contributed by atoms with Gasteiger partial charge in [0.2, 0.25) is 0 Å². The van der Waals surface area contributed by atoms with E-state index < -0.39 is 11.1 Å². The molecule has 0 aliphatic rings. The minimum atomic E-state index is -2.35. The van der Waals surface area contributed by atoms with E-state index in [4.69, 9.17) is 11.6 Å². The monoisotopic (exact) mass is 177 g/mol. The van der Waals surface area contributed by atoms with Crippen molar-refractivity contribution in [1.82, 2.24) is 9.97 Å². The van der Waals surface area contributed by atoms with Gasteiger partial charge in [0, 0.05) is 0 Å². The van der Waals surface area contributed by atoms with Crippen molar-refractivity contribution in [1.29, 1.82) is 0 Å². The van der Waals surface area contributed by atoms with Crippen molar-refractivity contribution in [3.05, 3.63) is 17.5 Å². The topological polar surface area (TPSA) is 65.9 Å². The first-order valence-corrected chi connectivity index (χ1v) is 3.72. The highest BCUT2D eigenvalue weighted by atomic mass is 35.5. The number of nitrogens with zero attached hydrogens (tertiary/aromatic N) is 2. The van der Waals surface area contributed by atoms with Crippen LogP contribution in [0.1, 0.15) is 0 Å². The molecule has 0 saturated carbocycles. The first-order chi connectivity index (χ1) is 4.70. The second-order valence-corrected chi connectivity index (χ2v) is 2.69. The SMILES string of the molecule is O=S([O-])c1cncc(Cl)n1. The number of hydrogen-bond donors (Lipinski definition) is 0. The molecule has 0 bridgehead atoms. The zero-order valence-electron chi connectivity index (χ0n) is 4.65. The first-order valence-electron chi connectivity index (χ1n) is 2.27. The Morgan fingerprint density at radius 2 is 2.30 bits per heavy atom. The van der Waals surface area contributed by atoms with Crippen LogP contribution in [0.4, 0.5) is 0 Å². The quantitative estimate of drug-likeness (QED) is 0.582. The molecule has 6 heteroatoms. The third-order valence-electron chi connectivity index (χ3n) is 0.754.